The molecule has 1 N–H and O–H groups in total. The van der Waals surface area contributed by atoms with Gasteiger partial charge in [-0.15, -0.1) is 11.3 Å². The van der Waals surface area contributed by atoms with Crippen molar-refractivity contribution < 1.29 is 9.15 Å². The minimum Gasteiger partial charge on any atom is -0.495 e. The first-order valence-corrected chi connectivity index (χ1v) is 11.0. The van der Waals surface area contributed by atoms with Crippen molar-refractivity contribution in [1.82, 2.24) is 4.98 Å². The van der Waals surface area contributed by atoms with Crippen molar-refractivity contribution in [3.8, 4) is 23.1 Å². The van der Waals surface area contributed by atoms with E-state index in [0.29, 0.717) is 27.0 Å². The SMILES string of the molecule is COc1cc2c(cc1NC=C(C#N)c1nc(-c3ccc(Cl)cc3)cs1)oc1ccccc12. The van der Waals surface area contributed by atoms with Gasteiger partial charge in [-0.25, -0.2) is 4.98 Å². The van der Waals surface area contributed by atoms with Crippen LogP contribution in [0.4, 0.5) is 5.69 Å². The van der Waals surface area contributed by atoms with Crippen LogP contribution < -0.4 is 10.1 Å². The number of benzene rings is 3. The minimum absolute atomic E-state index is 0.418. The van der Waals surface area contributed by atoms with E-state index >= 15 is 0 Å². The number of hydrogen-bond acceptors (Lipinski definition) is 6. The fraction of sp³-hybridized carbons (Fsp3) is 0.0400. The zero-order chi connectivity index (χ0) is 22.1. The maximum atomic E-state index is 9.71. The van der Waals surface area contributed by atoms with Gasteiger partial charge in [-0.2, -0.15) is 5.26 Å². The van der Waals surface area contributed by atoms with Crippen LogP contribution >= 0.6 is 22.9 Å². The van der Waals surface area contributed by atoms with E-state index in [9.17, 15) is 5.26 Å². The molecule has 0 fully saturated rings. The van der Waals surface area contributed by atoms with Crippen molar-refractivity contribution in [2.45, 2.75) is 0 Å². The lowest BCUT2D eigenvalue weighted by Crippen LogP contribution is -1.95. The van der Waals surface area contributed by atoms with Crippen molar-refractivity contribution in [3.63, 3.8) is 0 Å². The summed E-state index contributed by atoms with van der Waals surface area (Å²) in [6, 6.07) is 21.3. The van der Waals surface area contributed by atoms with E-state index in [1.54, 1.807) is 13.3 Å². The maximum absolute atomic E-state index is 9.71. The number of hydrogen-bond donors (Lipinski definition) is 1. The molecule has 2 heterocycles. The third-order valence-corrected chi connectivity index (χ3v) is 6.19. The minimum atomic E-state index is 0.418. The summed E-state index contributed by atoms with van der Waals surface area (Å²) >= 11 is 7.37. The van der Waals surface area contributed by atoms with E-state index in [-0.39, 0.29) is 0 Å². The molecule has 0 atom stereocenters. The predicted octanol–water partition coefficient (Wildman–Crippen LogP) is 7.35. The van der Waals surface area contributed by atoms with Gasteiger partial charge in [0.25, 0.3) is 0 Å². The molecule has 0 unspecified atom stereocenters. The summed E-state index contributed by atoms with van der Waals surface area (Å²) in [6.45, 7) is 0. The Labute approximate surface area is 193 Å². The summed E-state index contributed by atoms with van der Waals surface area (Å²) in [5.74, 6) is 0.651. The molecule has 7 heteroatoms. The van der Waals surface area contributed by atoms with Crippen molar-refractivity contribution in [2.24, 2.45) is 0 Å². The number of allylic oxidation sites excluding steroid dienone is 1. The molecule has 0 spiro atoms. The molecule has 32 heavy (non-hydrogen) atoms. The summed E-state index contributed by atoms with van der Waals surface area (Å²) in [7, 11) is 1.61. The van der Waals surface area contributed by atoms with E-state index in [1.807, 2.05) is 66.0 Å². The van der Waals surface area contributed by atoms with Gasteiger partial charge in [-0.1, -0.05) is 41.9 Å². The Morgan fingerprint density at radius 2 is 1.94 bits per heavy atom. The molecule has 0 saturated heterocycles. The summed E-state index contributed by atoms with van der Waals surface area (Å²) in [5, 5.41) is 18.1. The lowest BCUT2D eigenvalue weighted by molar-refractivity contribution is 0.417. The van der Waals surface area contributed by atoms with Gasteiger partial charge in [0.1, 0.15) is 33.6 Å². The number of nitriles is 1. The van der Waals surface area contributed by atoms with Crippen LogP contribution in [-0.2, 0) is 0 Å². The number of ether oxygens (including phenoxy) is 1. The molecule has 0 aliphatic carbocycles. The lowest BCUT2D eigenvalue weighted by Gasteiger charge is -2.08. The number of rotatable bonds is 5. The largest absolute Gasteiger partial charge is 0.495 e. The van der Waals surface area contributed by atoms with Gasteiger partial charge >= 0.3 is 0 Å². The highest BCUT2D eigenvalue weighted by molar-refractivity contribution is 7.11. The standard InChI is InChI=1S/C25H16ClN3O2S/c1-30-24-10-19-18-4-2-3-5-22(18)31-23(19)11-20(24)28-13-16(12-27)25-29-21(14-32-25)15-6-8-17(26)9-7-15/h2-11,13-14,28H,1H3. The zero-order valence-electron chi connectivity index (χ0n) is 16.9. The Kier molecular flexibility index (Phi) is 5.28. The van der Waals surface area contributed by atoms with Gasteiger partial charge in [0, 0.05) is 39.0 Å². The molecule has 5 rings (SSSR count). The lowest BCUT2D eigenvalue weighted by atomic mass is 10.1. The Hall–Kier alpha value is -3.79. The molecule has 156 valence electrons. The highest BCUT2D eigenvalue weighted by Crippen LogP contribution is 2.36. The van der Waals surface area contributed by atoms with Gasteiger partial charge in [0.2, 0.25) is 0 Å². The Morgan fingerprint density at radius 3 is 2.72 bits per heavy atom. The van der Waals surface area contributed by atoms with Crippen LogP contribution in [0.3, 0.4) is 0 Å². The number of fused-ring (bicyclic) bond motifs is 3. The fourth-order valence-electron chi connectivity index (χ4n) is 3.48. The molecule has 0 aliphatic rings. The van der Waals surface area contributed by atoms with Crippen LogP contribution in [0, 0.1) is 11.3 Å². The number of methoxy groups -OCH3 is 1. The first kappa shape index (κ1) is 20.1. The second-order valence-corrected chi connectivity index (χ2v) is 8.30. The van der Waals surface area contributed by atoms with E-state index in [1.165, 1.54) is 11.3 Å². The Morgan fingerprint density at radius 1 is 1.12 bits per heavy atom. The highest BCUT2D eigenvalue weighted by atomic mass is 35.5. The molecular formula is C25H16ClN3O2S. The van der Waals surface area contributed by atoms with Gasteiger partial charge in [-0.3, -0.25) is 0 Å². The normalized spacial score (nSPS) is 11.6. The van der Waals surface area contributed by atoms with Crippen LogP contribution in [0.2, 0.25) is 5.02 Å². The number of furan rings is 1. The second-order valence-electron chi connectivity index (χ2n) is 7.01. The first-order valence-electron chi connectivity index (χ1n) is 9.74. The number of thiazole rings is 1. The predicted molar refractivity (Wildman–Crippen MR) is 130 cm³/mol. The molecule has 3 aromatic carbocycles. The number of aromatic nitrogens is 1. The summed E-state index contributed by atoms with van der Waals surface area (Å²) in [4.78, 5) is 4.61. The van der Waals surface area contributed by atoms with E-state index in [4.69, 9.17) is 20.8 Å². The number of anilines is 1. The molecule has 0 bridgehead atoms. The summed E-state index contributed by atoms with van der Waals surface area (Å²) in [6.07, 6.45) is 1.64. The fourth-order valence-corrected chi connectivity index (χ4v) is 4.40. The summed E-state index contributed by atoms with van der Waals surface area (Å²) < 4.78 is 11.5. The summed E-state index contributed by atoms with van der Waals surface area (Å²) in [5.41, 5.74) is 4.40. The molecule has 0 saturated carbocycles. The smallest absolute Gasteiger partial charge is 0.143 e. The average Bonchev–Trinajstić information content (AvgIpc) is 3.44. The van der Waals surface area contributed by atoms with Gasteiger partial charge < -0.3 is 14.5 Å². The topological polar surface area (TPSA) is 71.1 Å². The van der Waals surface area contributed by atoms with E-state index in [2.05, 4.69) is 16.4 Å². The number of nitrogens with one attached hydrogen (secondary N) is 1. The van der Waals surface area contributed by atoms with E-state index < -0.39 is 0 Å². The third-order valence-electron chi connectivity index (χ3n) is 5.07. The molecule has 0 radical (unpaired) electrons. The van der Waals surface area contributed by atoms with Crippen molar-refractivity contribution >= 4 is 56.1 Å². The van der Waals surface area contributed by atoms with Gasteiger partial charge in [0.05, 0.1) is 18.5 Å². The molecule has 0 aliphatic heterocycles. The van der Waals surface area contributed by atoms with Crippen LogP contribution in [0.25, 0.3) is 38.8 Å². The third kappa shape index (κ3) is 3.69. The maximum Gasteiger partial charge on any atom is 0.143 e. The Bertz CT molecular complexity index is 1510. The number of halogens is 1. The van der Waals surface area contributed by atoms with Crippen molar-refractivity contribution in [3.05, 3.63) is 82.3 Å². The van der Waals surface area contributed by atoms with Crippen LogP contribution in [0.15, 0.2) is 76.7 Å². The number of para-hydroxylation sites is 1. The van der Waals surface area contributed by atoms with Crippen LogP contribution in [0.5, 0.6) is 5.75 Å². The molecule has 0 amide bonds. The van der Waals surface area contributed by atoms with Crippen LogP contribution in [0.1, 0.15) is 5.01 Å². The molecule has 5 nitrogen and oxygen atoms in total. The van der Waals surface area contributed by atoms with Gasteiger partial charge in [-0.05, 0) is 24.3 Å². The second kappa shape index (κ2) is 8.39. The van der Waals surface area contributed by atoms with Crippen molar-refractivity contribution in [1.29, 1.82) is 5.26 Å². The molecular weight excluding hydrogens is 442 g/mol. The quantitative estimate of drug-likeness (QED) is 0.279. The van der Waals surface area contributed by atoms with Crippen molar-refractivity contribution in [2.75, 3.05) is 12.4 Å². The average molecular weight is 458 g/mol. The monoisotopic (exact) mass is 457 g/mol. The first-order chi connectivity index (χ1) is 15.7. The number of nitrogens with zero attached hydrogens (tertiary/aromatic N) is 2. The molecule has 2 aromatic heterocycles. The zero-order valence-corrected chi connectivity index (χ0v) is 18.5. The Balaban J connectivity index is 1.47. The van der Waals surface area contributed by atoms with E-state index in [0.717, 1.165) is 33.2 Å². The highest BCUT2D eigenvalue weighted by Gasteiger charge is 2.13. The molecule has 5 aromatic rings. The van der Waals surface area contributed by atoms with Gasteiger partial charge in [0.15, 0.2) is 0 Å². The van der Waals surface area contributed by atoms with Crippen LogP contribution in [-0.4, -0.2) is 12.1 Å².